The maximum absolute atomic E-state index is 11.5. The number of hydrogen-bond donors (Lipinski definition) is 5. The van der Waals surface area contributed by atoms with Gasteiger partial charge in [-0.2, -0.15) is 0 Å². The molecule has 0 saturated carbocycles. The zero-order valence-corrected chi connectivity index (χ0v) is 15.3. The third-order valence-electron chi connectivity index (χ3n) is 4.86. The number of aliphatic hydroxyl groups is 4. The van der Waals surface area contributed by atoms with E-state index in [1.807, 2.05) is 0 Å². The minimum Gasteiger partial charge on any atom is -0.394 e. The Labute approximate surface area is 152 Å². The van der Waals surface area contributed by atoms with Gasteiger partial charge >= 0.3 is 0 Å². The van der Waals surface area contributed by atoms with Crippen molar-refractivity contribution in [1.29, 1.82) is 0 Å². The van der Waals surface area contributed by atoms with Crippen LogP contribution in [0.5, 0.6) is 0 Å². The second kappa shape index (κ2) is 8.89. The van der Waals surface area contributed by atoms with Crippen molar-refractivity contribution in [2.75, 3.05) is 13.7 Å². The van der Waals surface area contributed by atoms with Gasteiger partial charge in [-0.25, -0.2) is 0 Å². The molecule has 0 aliphatic carbocycles. The summed E-state index contributed by atoms with van der Waals surface area (Å²) < 4.78 is 22.0. The van der Waals surface area contributed by atoms with Gasteiger partial charge in [0.1, 0.15) is 36.6 Å². The molecule has 10 atom stereocenters. The first kappa shape index (κ1) is 21.5. The highest BCUT2D eigenvalue weighted by atomic mass is 16.7. The molecule has 2 aliphatic heterocycles. The predicted octanol–water partition coefficient (Wildman–Crippen LogP) is -2.50. The first-order valence-electron chi connectivity index (χ1n) is 8.62. The van der Waals surface area contributed by atoms with E-state index in [4.69, 9.17) is 18.9 Å². The van der Waals surface area contributed by atoms with E-state index in [2.05, 4.69) is 5.32 Å². The smallest absolute Gasteiger partial charge is 0.217 e. The van der Waals surface area contributed by atoms with Gasteiger partial charge in [-0.15, -0.1) is 0 Å². The van der Waals surface area contributed by atoms with Crippen LogP contribution in [0.15, 0.2) is 0 Å². The van der Waals surface area contributed by atoms with E-state index in [0.717, 1.165) is 0 Å². The van der Waals surface area contributed by atoms with Crippen LogP contribution in [0.1, 0.15) is 20.8 Å². The van der Waals surface area contributed by atoms with Crippen LogP contribution >= 0.6 is 0 Å². The average Bonchev–Trinajstić information content (AvgIpc) is 2.58. The summed E-state index contributed by atoms with van der Waals surface area (Å²) in [6.45, 7) is 4.19. The molecule has 0 spiro atoms. The number of nitrogens with one attached hydrogen (secondary N) is 1. The molecule has 2 fully saturated rings. The van der Waals surface area contributed by atoms with Crippen LogP contribution in [0.4, 0.5) is 0 Å². The van der Waals surface area contributed by atoms with Crippen molar-refractivity contribution >= 4 is 5.91 Å². The van der Waals surface area contributed by atoms with Crippen molar-refractivity contribution in [3.8, 4) is 0 Å². The number of hydrogen-bond acceptors (Lipinski definition) is 9. The normalized spacial score (nSPS) is 46.8. The zero-order chi connectivity index (χ0) is 19.6. The molecule has 0 bridgehead atoms. The third kappa shape index (κ3) is 4.34. The van der Waals surface area contributed by atoms with Gasteiger partial charge in [0, 0.05) is 14.0 Å². The number of methoxy groups -OCH3 is 1. The monoisotopic (exact) mass is 379 g/mol. The van der Waals surface area contributed by atoms with Crippen LogP contribution in [0.25, 0.3) is 0 Å². The number of amides is 1. The van der Waals surface area contributed by atoms with Crippen molar-refractivity contribution in [2.24, 2.45) is 0 Å². The maximum Gasteiger partial charge on any atom is 0.217 e. The van der Waals surface area contributed by atoms with E-state index in [1.54, 1.807) is 13.8 Å². The minimum absolute atomic E-state index is 0.355. The molecule has 0 aromatic carbocycles. The Balaban J connectivity index is 2.20. The molecule has 1 amide bonds. The Hall–Kier alpha value is -0.850. The van der Waals surface area contributed by atoms with Gasteiger partial charge in [0.15, 0.2) is 6.29 Å². The highest BCUT2D eigenvalue weighted by Gasteiger charge is 2.49. The second-order valence-corrected chi connectivity index (χ2v) is 6.77. The molecule has 26 heavy (non-hydrogen) atoms. The van der Waals surface area contributed by atoms with Crippen LogP contribution < -0.4 is 5.32 Å². The van der Waals surface area contributed by atoms with Crippen LogP contribution in [0.2, 0.25) is 0 Å². The van der Waals surface area contributed by atoms with Gasteiger partial charge < -0.3 is 44.7 Å². The molecule has 152 valence electrons. The molecule has 4 unspecified atom stereocenters. The SMILES string of the molecule is CO[C@@H]1C(C)O[C@@H](OC2[C@@H](O)C(CO)O[C@@H](C)[C@H]2NC(C)=O)[C@@H](O)C1O. The lowest BCUT2D eigenvalue weighted by molar-refractivity contribution is -0.328. The molecule has 0 aromatic rings. The lowest BCUT2D eigenvalue weighted by atomic mass is 9.92. The van der Waals surface area contributed by atoms with Crippen LogP contribution in [-0.4, -0.2) is 101 Å². The number of carbonyl (C=O) groups is 1. The number of carbonyl (C=O) groups excluding carboxylic acids is 1. The highest BCUT2D eigenvalue weighted by molar-refractivity contribution is 5.73. The van der Waals surface area contributed by atoms with E-state index >= 15 is 0 Å². The van der Waals surface area contributed by atoms with E-state index in [-0.39, 0.29) is 5.91 Å². The standard InChI is InChI=1S/C16H29NO9/c1-6-10(17-8(3)19)15(11(20)9(5-18)24-6)26-16-13(22)12(21)14(23-4)7(2)25-16/h6-7,9-16,18,20-22H,5H2,1-4H3,(H,17,19)/t6-,7?,9?,10+,11-,12?,13-,14+,15?,16-/m0/s1. The fourth-order valence-corrected chi connectivity index (χ4v) is 3.48. The summed E-state index contributed by atoms with van der Waals surface area (Å²) >= 11 is 0. The second-order valence-electron chi connectivity index (χ2n) is 6.77. The van der Waals surface area contributed by atoms with Crippen molar-refractivity contribution in [1.82, 2.24) is 5.32 Å². The quantitative estimate of drug-likeness (QED) is 0.350. The van der Waals surface area contributed by atoms with Gasteiger partial charge in [-0.05, 0) is 13.8 Å². The Bertz CT molecular complexity index is 479. The van der Waals surface area contributed by atoms with Gasteiger partial charge in [-0.3, -0.25) is 4.79 Å². The van der Waals surface area contributed by atoms with Crippen molar-refractivity contribution in [3.63, 3.8) is 0 Å². The summed E-state index contributed by atoms with van der Waals surface area (Å²) in [4.78, 5) is 11.5. The van der Waals surface area contributed by atoms with Gasteiger partial charge in [0.2, 0.25) is 5.91 Å². The van der Waals surface area contributed by atoms with Crippen LogP contribution in [-0.2, 0) is 23.7 Å². The molecule has 2 rings (SSSR count). The van der Waals surface area contributed by atoms with E-state index in [1.165, 1.54) is 14.0 Å². The number of aliphatic hydroxyl groups excluding tert-OH is 4. The Morgan fingerprint density at radius 3 is 2.23 bits per heavy atom. The molecule has 2 heterocycles. The number of rotatable bonds is 5. The zero-order valence-electron chi connectivity index (χ0n) is 15.3. The molecule has 5 N–H and O–H groups in total. The summed E-state index contributed by atoms with van der Waals surface area (Å²) in [5.41, 5.74) is 0. The largest absolute Gasteiger partial charge is 0.394 e. The third-order valence-corrected chi connectivity index (χ3v) is 4.86. The topological polar surface area (TPSA) is 147 Å². The molecule has 0 radical (unpaired) electrons. The van der Waals surface area contributed by atoms with Crippen LogP contribution in [0.3, 0.4) is 0 Å². The Kier molecular flexibility index (Phi) is 7.34. The molecular formula is C16H29NO9. The van der Waals surface area contributed by atoms with Crippen molar-refractivity contribution < 1.29 is 44.2 Å². The van der Waals surface area contributed by atoms with E-state index < -0.39 is 67.8 Å². The summed E-state index contributed by atoms with van der Waals surface area (Å²) in [5.74, 6) is -0.355. The molecule has 10 nitrogen and oxygen atoms in total. The van der Waals surface area contributed by atoms with Crippen LogP contribution in [0, 0.1) is 0 Å². The fourth-order valence-electron chi connectivity index (χ4n) is 3.48. The minimum atomic E-state index is -1.42. The molecular weight excluding hydrogens is 350 g/mol. The molecule has 10 heteroatoms. The highest BCUT2D eigenvalue weighted by Crippen LogP contribution is 2.29. The summed E-state index contributed by atoms with van der Waals surface area (Å²) in [7, 11) is 1.39. The molecule has 2 saturated heterocycles. The average molecular weight is 379 g/mol. The lowest BCUT2D eigenvalue weighted by Crippen LogP contribution is -2.66. The Morgan fingerprint density at radius 2 is 1.69 bits per heavy atom. The maximum atomic E-state index is 11.5. The Morgan fingerprint density at radius 1 is 1.04 bits per heavy atom. The fraction of sp³-hybridized carbons (Fsp3) is 0.938. The first-order valence-corrected chi connectivity index (χ1v) is 8.62. The first-order chi connectivity index (χ1) is 12.2. The van der Waals surface area contributed by atoms with E-state index in [9.17, 15) is 25.2 Å². The molecule has 0 aromatic heterocycles. The predicted molar refractivity (Wildman–Crippen MR) is 87.1 cm³/mol. The lowest BCUT2D eigenvalue weighted by Gasteiger charge is -2.47. The van der Waals surface area contributed by atoms with Gasteiger partial charge in [-0.1, -0.05) is 0 Å². The molecule has 2 aliphatic rings. The number of ether oxygens (including phenoxy) is 4. The van der Waals surface area contributed by atoms with Crippen molar-refractivity contribution in [3.05, 3.63) is 0 Å². The summed E-state index contributed by atoms with van der Waals surface area (Å²) in [6, 6.07) is -0.742. The van der Waals surface area contributed by atoms with E-state index in [0.29, 0.717) is 0 Å². The van der Waals surface area contributed by atoms with Crippen molar-refractivity contribution in [2.45, 2.75) is 81.9 Å². The summed E-state index contributed by atoms with van der Waals surface area (Å²) in [5, 5.41) is 43.1. The summed E-state index contributed by atoms with van der Waals surface area (Å²) in [6.07, 6.45) is -9.05. The van der Waals surface area contributed by atoms with Gasteiger partial charge in [0.05, 0.1) is 24.9 Å². The van der Waals surface area contributed by atoms with Gasteiger partial charge in [0.25, 0.3) is 0 Å².